The summed E-state index contributed by atoms with van der Waals surface area (Å²) < 4.78 is 59.5. The normalized spacial score (nSPS) is 18.6. The van der Waals surface area contributed by atoms with E-state index >= 15 is 0 Å². The van der Waals surface area contributed by atoms with Crippen molar-refractivity contribution in [1.82, 2.24) is 15.1 Å². The topological polar surface area (TPSA) is 145 Å². The Kier molecular flexibility index (Phi) is 7.90. The maximum Gasteiger partial charge on any atom is 0.418 e. The fourth-order valence-electron chi connectivity index (χ4n) is 4.72. The van der Waals surface area contributed by atoms with E-state index in [-0.39, 0.29) is 18.4 Å². The Morgan fingerprint density at radius 2 is 1.83 bits per heavy atom. The van der Waals surface area contributed by atoms with Crippen LogP contribution in [0.5, 0.6) is 0 Å². The first-order valence-corrected chi connectivity index (χ1v) is 12.3. The van der Waals surface area contributed by atoms with E-state index in [1.807, 2.05) is 5.32 Å². The minimum atomic E-state index is -4.83. The van der Waals surface area contributed by atoms with Crippen LogP contribution in [0.25, 0.3) is 0 Å². The van der Waals surface area contributed by atoms with Crippen LogP contribution in [0.3, 0.4) is 0 Å². The molecule has 1 aliphatic heterocycles. The van der Waals surface area contributed by atoms with Gasteiger partial charge in [0.15, 0.2) is 0 Å². The second-order valence-electron chi connectivity index (χ2n) is 9.53. The zero-order valence-electron chi connectivity index (χ0n) is 21.5. The van der Waals surface area contributed by atoms with Crippen molar-refractivity contribution < 1.29 is 51.4 Å². The van der Waals surface area contributed by atoms with Crippen molar-refractivity contribution in [1.29, 1.82) is 0 Å². The van der Waals surface area contributed by atoms with Gasteiger partial charge in [-0.15, -0.1) is 0 Å². The minimum Gasteiger partial charge on any atom is -0.465 e. The molecule has 2 aromatic carbocycles. The van der Waals surface area contributed by atoms with E-state index in [0.717, 1.165) is 19.1 Å². The van der Waals surface area contributed by atoms with Crippen LogP contribution in [-0.2, 0) is 37.7 Å². The molecule has 2 atom stereocenters. The number of carbonyl (C=O) groups is 5. The lowest BCUT2D eigenvalue weighted by molar-refractivity contribution is -0.187. The van der Waals surface area contributed by atoms with Gasteiger partial charge in [0.2, 0.25) is 17.4 Å². The monoisotopic (exact) mass is 580 g/mol. The van der Waals surface area contributed by atoms with Gasteiger partial charge in [0, 0.05) is 24.2 Å². The maximum absolute atomic E-state index is 13.6. The Bertz CT molecular complexity index is 1400. The highest BCUT2D eigenvalue weighted by Crippen LogP contribution is 2.46. The summed E-state index contributed by atoms with van der Waals surface area (Å²) in [5.74, 6) is -3.36. The predicted octanol–water partition coefficient (Wildman–Crippen LogP) is 3.13. The second kappa shape index (κ2) is 11.1. The van der Waals surface area contributed by atoms with Crippen LogP contribution in [0.1, 0.15) is 30.0 Å². The zero-order valence-corrected chi connectivity index (χ0v) is 21.5. The van der Waals surface area contributed by atoms with Gasteiger partial charge in [0.05, 0.1) is 0 Å². The molecule has 0 bridgehead atoms. The van der Waals surface area contributed by atoms with E-state index in [1.165, 1.54) is 30.3 Å². The first-order chi connectivity index (χ1) is 19.2. The number of benzene rings is 2. The molecule has 15 heteroatoms. The average molecular weight is 580 g/mol. The van der Waals surface area contributed by atoms with Crippen LogP contribution >= 0.6 is 0 Å². The summed E-state index contributed by atoms with van der Waals surface area (Å²) in [4.78, 5) is 62.7. The molecule has 41 heavy (non-hydrogen) atoms. The molecule has 2 aliphatic rings. The van der Waals surface area contributed by atoms with Gasteiger partial charge in [-0.1, -0.05) is 18.2 Å². The third-order valence-electron chi connectivity index (χ3n) is 6.86. The summed E-state index contributed by atoms with van der Waals surface area (Å²) in [6, 6.07) is 6.59. The summed E-state index contributed by atoms with van der Waals surface area (Å²) in [5, 5.41) is 13.0. The number of halogens is 4. The molecule has 1 saturated heterocycles. The fraction of sp³-hybridized carbons (Fsp3) is 0.346. The molecular weight excluding hydrogens is 556 g/mol. The summed E-state index contributed by atoms with van der Waals surface area (Å²) in [7, 11) is 0. The molecule has 0 saturated carbocycles. The molecule has 4 rings (SSSR count). The van der Waals surface area contributed by atoms with Gasteiger partial charge >= 0.3 is 18.4 Å². The summed E-state index contributed by atoms with van der Waals surface area (Å²) >= 11 is 0. The molecular formula is C26H24F4N4O7. The Balaban J connectivity index is 1.52. The molecule has 2 aromatic rings. The van der Waals surface area contributed by atoms with E-state index < -0.39 is 73.2 Å². The predicted molar refractivity (Wildman–Crippen MR) is 132 cm³/mol. The number of rotatable bonds is 8. The number of carboxylic acid groups (broad SMARTS) is 1. The smallest absolute Gasteiger partial charge is 0.418 e. The number of carbonyl (C=O) groups excluding carboxylic acids is 4. The van der Waals surface area contributed by atoms with Gasteiger partial charge in [-0.05, 0) is 48.7 Å². The molecule has 218 valence electrons. The highest BCUT2D eigenvalue weighted by Gasteiger charge is 2.58. The molecule has 1 spiro atoms. The Morgan fingerprint density at radius 3 is 2.46 bits per heavy atom. The second-order valence-corrected chi connectivity index (χ2v) is 9.53. The quantitative estimate of drug-likeness (QED) is 0.407. The lowest BCUT2D eigenvalue weighted by Gasteiger charge is -2.31. The number of aryl methyl sites for hydroxylation is 1. The molecule has 1 fully saturated rings. The summed E-state index contributed by atoms with van der Waals surface area (Å²) in [6.07, 6.45) is -7.18. The highest BCUT2D eigenvalue weighted by atomic mass is 19.4. The van der Waals surface area contributed by atoms with E-state index in [4.69, 9.17) is 9.84 Å². The van der Waals surface area contributed by atoms with Crippen molar-refractivity contribution in [2.75, 3.05) is 18.4 Å². The molecule has 5 amide bonds. The van der Waals surface area contributed by atoms with Crippen LogP contribution in [0, 0.1) is 5.82 Å². The minimum absolute atomic E-state index is 0.00614. The van der Waals surface area contributed by atoms with Crippen molar-refractivity contribution in [2.24, 2.45) is 0 Å². The van der Waals surface area contributed by atoms with Crippen LogP contribution in [0.15, 0.2) is 42.5 Å². The number of fused-ring (bicyclic) bond motifs is 2. The van der Waals surface area contributed by atoms with Gasteiger partial charge in [-0.2, -0.15) is 13.2 Å². The van der Waals surface area contributed by atoms with Gasteiger partial charge in [0.1, 0.15) is 24.9 Å². The number of alkyl halides is 3. The zero-order chi connectivity index (χ0) is 30.1. The van der Waals surface area contributed by atoms with E-state index in [9.17, 15) is 41.5 Å². The summed E-state index contributed by atoms with van der Waals surface area (Å²) in [5.41, 5.74) is -0.475. The van der Waals surface area contributed by atoms with E-state index in [1.54, 1.807) is 0 Å². The largest absolute Gasteiger partial charge is 0.465 e. The lowest BCUT2D eigenvalue weighted by Crippen LogP contribution is -2.51. The number of anilines is 1. The van der Waals surface area contributed by atoms with Crippen LogP contribution in [0.2, 0.25) is 0 Å². The number of nitrogens with one attached hydrogen (secondary N) is 2. The van der Waals surface area contributed by atoms with Crippen LogP contribution < -0.4 is 10.6 Å². The van der Waals surface area contributed by atoms with Crippen LogP contribution in [-0.4, -0.2) is 70.1 Å². The lowest BCUT2D eigenvalue weighted by atomic mass is 9.94. The molecule has 3 N–H and O–H groups in total. The molecule has 0 radical (unpaired) electrons. The SMILES string of the molecule is C[C@H](N(Cc1ccc(F)cc1)C(=O)CN1C(=O)O[C@@]2(CCc3cc(NC(=O)CNC(=O)O)ccc32)C1=O)C(F)(F)F. The van der Waals surface area contributed by atoms with Crippen molar-refractivity contribution >= 4 is 35.6 Å². The maximum atomic E-state index is 13.6. The van der Waals surface area contributed by atoms with Gasteiger partial charge in [0.25, 0.3) is 5.91 Å². The van der Waals surface area contributed by atoms with Crippen molar-refractivity contribution in [3.8, 4) is 0 Å². The standard InChI is InChI=1S/C26H24F4N4O7/c1-14(26(28,29)30)33(12-15-2-4-17(27)5-3-15)21(36)13-34-22(37)25(41-24(34)40)9-8-16-10-18(6-7-19(16)25)32-20(35)11-31-23(38)39/h2-7,10,14,31H,8-9,11-13H2,1H3,(H,32,35)(H,38,39)/t14-,25+/m0/s1. The number of hydrogen-bond acceptors (Lipinski definition) is 6. The Morgan fingerprint density at radius 1 is 1.15 bits per heavy atom. The highest BCUT2D eigenvalue weighted by molar-refractivity contribution is 6.06. The van der Waals surface area contributed by atoms with Gasteiger partial charge in [-0.25, -0.2) is 18.9 Å². The first kappa shape index (κ1) is 29.3. The van der Waals surface area contributed by atoms with Gasteiger partial charge < -0.3 is 25.4 Å². The number of hydrogen-bond donors (Lipinski definition) is 3. The van der Waals surface area contributed by atoms with Crippen molar-refractivity contribution in [2.45, 2.75) is 44.1 Å². The molecule has 1 aliphatic carbocycles. The molecule has 1 heterocycles. The number of amides is 5. The fourth-order valence-corrected chi connectivity index (χ4v) is 4.72. The van der Waals surface area contributed by atoms with Crippen molar-refractivity contribution in [3.05, 3.63) is 65.0 Å². The molecule has 0 aromatic heterocycles. The Labute approximate surface area is 230 Å². The number of imide groups is 1. The third kappa shape index (κ3) is 6.07. The van der Waals surface area contributed by atoms with E-state index in [2.05, 4.69) is 5.32 Å². The first-order valence-electron chi connectivity index (χ1n) is 12.3. The van der Waals surface area contributed by atoms with E-state index in [0.29, 0.717) is 26.6 Å². The third-order valence-corrected chi connectivity index (χ3v) is 6.86. The number of ether oxygens (including phenoxy) is 1. The van der Waals surface area contributed by atoms with Gasteiger partial charge in [-0.3, -0.25) is 14.4 Å². The number of nitrogens with zero attached hydrogens (tertiary/aromatic N) is 2. The Hall–Kier alpha value is -4.69. The summed E-state index contributed by atoms with van der Waals surface area (Å²) in [6.45, 7) is -1.31. The average Bonchev–Trinajstić information content (AvgIpc) is 3.38. The van der Waals surface area contributed by atoms with Crippen molar-refractivity contribution in [3.63, 3.8) is 0 Å². The molecule has 11 nitrogen and oxygen atoms in total. The van der Waals surface area contributed by atoms with Crippen LogP contribution in [0.4, 0.5) is 32.8 Å². The molecule has 0 unspecified atom stereocenters.